The van der Waals surface area contributed by atoms with Gasteiger partial charge in [-0.05, 0) is 13.8 Å². The van der Waals surface area contributed by atoms with Crippen LogP contribution in [0.2, 0.25) is 0 Å². The number of guanidine groups is 1. The summed E-state index contributed by atoms with van der Waals surface area (Å²) < 4.78 is 40.1. The third kappa shape index (κ3) is 3.65. The van der Waals surface area contributed by atoms with Crippen molar-refractivity contribution >= 4 is 29.9 Å². The van der Waals surface area contributed by atoms with Crippen LogP contribution in [-0.4, -0.2) is 39.8 Å². The van der Waals surface area contributed by atoms with Gasteiger partial charge in [0.05, 0.1) is 0 Å². The molecule has 0 bridgehead atoms. The number of likely N-dealkylation sites (tertiary alicyclic amines) is 1. The maximum absolute atomic E-state index is 13.0. The van der Waals surface area contributed by atoms with Crippen LogP contribution >= 0.6 is 24.0 Å². The van der Waals surface area contributed by atoms with Crippen molar-refractivity contribution in [2.75, 3.05) is 13.6 Å². The molecule has 0 aliphatic carbocycles. The Morgan fingerprint density at radius 3 is 2.33 bits per heavy atom. The fourth-order valence-corrected chi connectivity index (χ4v) is 2.78. The molecule has 9 heteroatoms. The van der Waals surface area contributed by atoms with Gasteiger partial charge in [0.2, 0.25) is 0 Å². The molecule has 1 aliphatic heterocycles. The van der Waals surface area contributed by atoms with Gasteiger partial charge in [-0.3, -0.25) is 9.67 Å². The van der Waals surface area contributed by atoms with Crippen molar-refractivity contribution < 1.29 is 13.2 Å². The van der Waals surface area contributed by atoms with Crippen LogP contribution in [0.1, 0.15) is 39.0 Å². The first-order valence-corrected chi connectivity index (χ1v) is 7.48. The molecule has 1 N–H and O–H groups in total. The van der Waals surface area contributed by atoms with E-state index in [4.69, 9.17) is 0 Å². The van der Waals surface area contributed by atoms with Gasteiger partial charge in [0, 0.05) is 49.9 Å². The second kappa shape index (κ2) is 6.72. The molecule has 1 aliphatic rings. The van der Waals surface area contributed by atoms with E-state index in [1.807, 2.05) is 0 Å². The van der Waals surface area contributed by atoms with Crippen molar-refractivity contribution in [1.29, 1.82) is 0 Å². The number of nitrogens with one attached hydrogen (secondary N) is 1. The molecular weight excluding hydrogens is 434 g/mol. The lowest BCUT2D eigenvalue weighted by Gasteiger charge is -2.62. The minimum absolute atomic E-state index is 0. The molecule has 138 valence electrons. The lowest BCUT2D eigenvalue weighted by atomic mass is 9.65. The number of aliphatic imine (C=N–C) groups is 1. The van der Waals surface area contributed by atoms with Gasteiger partial charge >= 0.3 is 6.18 Å². The number of aromatic nitrogens is 2. The number of alkyl halides is 3. The van der Waals surface area contributed by atoms with Crippen LogP contribution in [0.3, 0.4) is 0 Å². The summed E-state index contributed by atoms with van der Waals surface area (Å²) in [6, 6.07) is 0. The summed E-state index contributed by atoms with van der Waals surface area (Å²) >= 11 is 0. The Bertz CT molecular complexity index is 619. The minimum atomic E-state index is -4.46. The summed E-state index contributed by atoms with van der Waals surface area (Å²) in [5.74, 6) is 0.603. The normalized spacial score (nSPS) is 19.5. The highest BCUT2D eigenvalue weighted by atomic mass is 127. The SMILES string of the molecule is CN=C(NCc1cn(C)nc1C(F)(F)F)N1CC(C)(C)C1(C)C.I. The van der Waals surface area contributed by atoms with E-state index in [2.05, 4.69) is 48.0 Å². The van der Waals surface area contributed by atoms with Crippen LogP contribution in [0.4, 0.5) is 13.2 Å². The number of rotatable bonds is 2. The summed E-state index contributed by atoms with van der Waals surface area (Å²) in [7, 11) is 3.12. The van der Waals surface area contributed by atoms with Crippen LogP contribution in [-0.2, 0) is 19.8 Å². The number of nitrogens with zero attached hydrogens (tertiary/aromatic N) is 4. The Morgan fingerprint density at radius 2 is 1.92 bits per heavy atom. The summed E-state index contributed by atoms with van der Waals surface area (Å²) in [6.45, 7) is 9.38. The second-order valence-electron chi connectivity index (χ2n) is 7.10. The van der Waals surface area contributed by atoms with Crippen LogP contribution < -0.4 is 5.32 Å². The molecule has 24 heavy (non-hydrogen) atoms. The molecular formula is C15H25F3IN5. The zero-order valence-electron chi connectivity index (χ0n) is 14.8. The lowest BCUT2D eigenvalue weighted by Crippen LogP contribution is -2.72. The lowest BCUT2D eigenvalue weighted by molar-refractivity contribution is -0.142. The number of halogens is 4. The van der Waals surface area contributed by atoms with Gasteiger partial charge < -0.3 is 10.2 Å². The second-order valence-corrected chi connectivity index (χ2v) is 7.10. The molecule has 1 aromatic rings. The van der Waals surface area contributed by atoms with E-state index in [0.717, 1.165) is 6.54 Å². The molecule has 0 radical (unpaired) electrons. The van der Waals surface area contributed by atoms with Gasteiger partial charge in [-0.25, -0.2) is 0 Å². The average Bonchev–Trinajstić information content (AvgIpc) is 2.79. The zero-order valence-corrected chi connectivity index (χ0v) is 17.2. The molecule has 1 saturated heterocycles. The summed E-state index contributed by atoms with van der Waals surface area (Å²) in [6.07, 6.45) is -3.08. The van der Waals surface area contributed by atoms with Crippen LogP contribution in [0.25, 0.3) is 0 Å². The van der Waals surface area contributed by atoms with Crippen molar-refractivity contribution in [2.45, 2.75) is 46.0 Å². The fraction of sp³-hybridized carbons (Fsp3) is 0.733. The van der Waals surface area contributed by atoms with Gasteiger partial charge in [-0.1, -0.05) is 13.8 Å². The molecule has 1 aromatic heterocycles. The number of hydrogen-bond acceptors (Lipinski definition) is 2. The Labute approximate surface area is 157 Å². The number of hydrogen-bond donors (Lipinski definition) is 1. The molecule has 0 atom stereocenters. The summed E-state index contributed by atoms with van der Waals surface area (Å²) in [5.41, 5.74) is -0.739. The standard InChI is InChI=1S/C15H24F3N5.HI/c1-13(2)9-23(14(13,3)4)12(19-5)20-7-10-8-22(6)21-11(10)15(16,17)18;/h8H,7,9H2,1-6H3,(H,19,20);1H. The molecule has 0 saturated carbocycles. The predicted molar refractivity (Wildman–Crippen MR) is 98.4 cm³/mol. The van der Waals surface area contributed by atoms with Crippen molar-refractivity contribution in [3.8, 4) is 0 Å². The smallest absolute Gasteiger partial charge is 0.352 e. The summed E-state index contributed by atoms with van der Waals surface area (Å²) in [5, 5.41) is 6.54. The van der Waals surface area contributed by atoms with E-state index < -0.39 is 11.9 Å². The highest BCUT2D eigenvalue weighted by molar-refractivity contribution is 14.0. The van der Waals surface area contributed by atoms with E-state index in [0.29, 0.717) is 5.96 Å². The maximum Gasteiger partial charge on any atom is 0.435 e. The monoisotopic (exact) mass is 459 g/mol. The van der Waals surface area contributed by atoms with Crippen molar-refractivity contribution in [3.63, 3.8) is 0 Å². The van der Waals surface area contributed by atoms with Crippen LogP contribution in [0, 0.1) is 5.41 Å². The van der Waals surface area contributed by atoms with Crippen molar-refractivity contribution in [2.24, 2.45) is 17.5 Å². The largest absolute Gasteiger partial charge is 0.435 e. The molecule has 2 heterocycles. The summed E-state index contributed by atoms with van der Waals surface area (Å²) in [4.78, 5) is 6.29. The Balaban J connectivity index is 0.00000288. The maximum atomic E-state index is 13.0. The topological polar surface area (TPSA) is 45.5 Å². The molecule has 0 aromatic carbocycles. The van der Waals surface area contributed by atoms with Gasteiger partial charge in [-0.15, -0.1) is 24.0 Å². The van der Waals surface area contributed by atoms with Crippen LogP contribution in [0.5, 0.6) is 0 Å². The molecule has 0 amide bonds. The molecule has 0 unspecified atom stereocenters. The Kier molecular flexibility index (Phi) is 5.89. The first-order chi connectivity index (χ1) is 10.4. The average molecular weight is 459 g/mol. The third-order valence-corrected chi connectivity index (χ3v) is 4.96. The van der Waals surface area contributed by atoms with Crippen LogP contribution in [0.15, 0.2) is 11.2 Å². The van der Waals surface area contributed by atoms with Gasteiger partial charge in [-0.2, -0.15) is 18.3 Å². The highest BCUT2D eigenvalue weighted by Gasteiger charge is 2.53. The van der Waals surface area contributed by atoms with Crippen molar-refractivity contribution in [1.82, 2.24) is 20.0 Å². The number of aryl methyl sites for hydroxylation is 1. The van der Waals surface area contributed by atoms with E-state index in [1.54, 1.807) is 7.05 Å². The van der Waals surface area contributed by atoms with E-state index in [1.165, 1.54) is 17.9 Å². The predicted octanol–water partition coefficient (Wildman–Crippen LogP) is 3.25. The van der Waals surface area contributed by atoms with Gasteiger partial charge in [0.25, 0.3) is 0 Å². The molecule has 5 nitrogen and oxygen atoms in total. The Hall–Kier alpha value is -1.00. The van der Waals surface area contributed by atoms with Gasteiger partial charge in [0.1, 0.15) is 0 Å². The van der Waals surface area contributed by atoms with E-state index in [9.17, 15) is 13.2 Å². The first kappa shape index (κ1) is 21.0. The minimum Gasteiger partial charge on any atom is -0.352 e. The van der Waals surface area contributed by atoms with Gasteiger partial charge in [0.15, 0.2) is 11.7 Å². The molecule has 2 rings (SSSR count). The Morgan fingerprint density at radius 1 is 1.33 bits per heavy atom. The quantitative estimate of drug-likeness (QED) is 0.420. The molecule has 0 spiro atoms. The van der Waals surface area contributed by atoms with Crippen molar-refractivity contribution in [3.05, 3.63) is 17.5 Å². The highest BCUT2D eigenvalue weighted by Crippen LogP contribution is 2.46. The van der Waals surface area contributed by atoms with E-state index in [-0.39, 0.29) is 47.0 Å². The molecule has 1 fully saturated rings. The zero-order chi connectivity index (χ0) is 17.6. The van der Waals surface area contributed by atoms with E-state index >= 15 is 0 Å². The third-order valence-electron chi connectivity index (χ3n) is 4.96. The first-order valence-electron chi connectivity index (χ1n) is 7.48. The fourth-order valence-electron chi connectivity index (χ4n) is 2.78.